The van der Waals surface area contributed by atoms with Gasteiger partial charge in [-0.15, -0.1) is 11.3 Å². The van der Waals surface area contributed by atoms with Crippen LogP contribution in [0, 0.1) is 0 Å². The minimum absolute atomic E-state index is 0.282. The van der Waals surface area contributed by atoms with Gasteiger partial charge < -0.3 is 10.1 Å². The van der Waals surface area contributed by atoms with Crippen LogP contribution in [-0.2, 0) is 10.0 Å². The highest BCUT2D eigenvalue weighted by molar-refractivity contribution is 7.92. The number of nitrogens with zero attached hydrogens (tertiary/aromatic N) is 2. The first-order valence-electron chi connectivity index (χ1n) is 9.50. The normalized spacial score (nSPS) is 11.2. The predicted molar refractivity (Wildman–Crippen MR) is 126 cm³/mol. The molecule has 0 fully saturated rings. The van der Waals surface area contributed by atoms with Crippen molar-refractivity contribution in [1.82, 2.24) is 9.78 Å². The van der Waals surface area contributed by atoms with E-state index >= 15 is 0 Å². The van der Waals surface area contributed by atoms with Gasteiger partial charge in [-0.2, -0.15) is 5.10 Å². The predicted octanol–water partition coefficient (Wildman–Crippen LogP) is 4.23. The molecule has 164 valence electrons. The second-order valence-electron chi connectivity index (χ2n) is 6.89. The Morgan fingerprint density at radius 1 is 1.09 bits per heavy atom. The van der Waals surface area contributed by atoms with Crippen molar-refractivity contribution >= 4 is 38.6 Å². The molecule has 0 saturated carbocycles. The lowest BCUT2D eigenvalue weighted by molar-refractivity contribution is 0.102. The molecular weight excluding hydrogens is 448 g/mol. The molecule has 0 aliphatic rings. The quantitative estimate of drug-likeness (QED) is 0.423. The zero-order valence-corrected chi connectivity index (χ0v) is 18.9. The number of benzene rings is 2. The number of anilines is 2. The number of aromatic nitrogens is 2. The topological polar surface area (TPSA) is 102 Å². The SMILES string of the molecule is COc1cc(NC(=O)c2cn(-c3ccccc3)nc2-c2cccs2)ccc1NS(C)(=O)=O. The summed E-state index contributed by atoms with van der Waals surface area (Å²) in [7, 11) is -2.05. The molecule has 0 spiro atoms. The lowest BCUT2D eigenvalue weighted by Crippen LogP contribution is -2.13. The number of carbonyl (C=O) groups excluding carboxylic acids is 1. The van der Waals surface area contributed by atoms with Crippen LogP contribution in [0.15, 0.2) is 72.2 Å². The molecule has 4 rings (SSSR count). The molecule has 2 aromatic carbocycles. The molecule has 0 atom stereocenters. The standard InChI is InChI=1S/C22H20N4O4S2/c1-30-19-13-15(10-11-18(19)25-32(2,28)29)23-22(27)17-14-26(16-7-4-3-5-8-16)24-21(17)20-9-6-12-31-20/h3-14,25H,1-2H3,(H,23,27). The second-order valence-corrected chi connectivity index (χ2v) is 9.59. The number of thiophene rings is 1. The van der Waals surface area contributed by atoms with Crippen LogP contribution in [-0.4, -0.2) is 37.5 Å². The molecule has 4 aromatic rings. The highest BCUT2D eigenvalue weighted by Crippen LogP contribution is 2.31. The van der Waals surface area contributed by atoms with Crippen molar-refractivity contribution in [3.05, 3.63) is 77.8 Å². The van der Waals surface area contributed by atoms with Gasteiger partial charge in [0.15, 0.2) is 0 Å². The highest BCUT2D eigenvalue weighted by Gasteiger charge is 2.20. The van der Waals surface area contributed by atoms with E-state index in [2.05, 4.69) is 15.1 Å². The van der Waals surface area contributed by atoms with Gasteiger partial charge >= 0.3 is 0 Å². The van der Waals surface area contributed by atoms with Crippen molar-refractivity contribution in [2.24, 2.45) is 0 Å². The van der Waals surface area contributed by atoms with Crippen LogP contribution in [0.5, 0.6) is 5.75 Å². The van der Waals surface area contributed by atoms with Gasteiger partial charge in [-0.1, -0.05) is 24.3 Å². The summed E-state index contributed by atoms with van der Waals surface area (Å²) in [6.07, 6.45) is 2.75. The molecule has 0 radical (unpaired) electrons. The second kappa shape index (κ2) is 8.85. The third-order valence-electron chi connectivity index (χ3n) is 4.49. The van der Waals surface area contributed by atoms with E-state index < -0.39 is 10.0 Å². The summed E-state index contributed by atoms with van der Waals surface area (Å²) < 4.78 is 32.4. The number of para-hydroxylation sites is 1. The zero-order valence-electron chi connectivity index (χ0n) is 17.3. The Kier molecular flexibility index (Phi) is 5.97. The van der Waals surface area contributed by atoms with E-state index in [1.54, 1.807) is 23.0 Å². The van der Waals surface area contributed by atoms with Gasteiger partial charge in [0.2, 0.25) is 10.0 Å². The molecule has 1 amide bonds. The zero-order chi connectivity index (χ0) is 22.7. The van der Waals surface area contributed by atoms with Crippen LogP contribution < -0.4 is 14.8 Å². The molecule has 0 unspecified atom stereocenters. The van der Waals surface area contributed by atoms with Crippen molar-refractivity contribution in [2.75, 3.05) is 23.4 Å². The first-order chi connectivity index (χ1) is 15.3. The maximum atomic E-state index is 13.2. The number of methoxy groups -OCH3 is 1. The van der Waals surface area contributed by atoms with Crippen LogP contribution in [0.25, 0.3) is 16.3 Å². The summed E-state index contributed by atoms with van der Waals surface area (Å²) >= 11 is 1.49. The highest BCUT2D eigenvalue weighted by atomic mass is 32.2. The van der Waals surface area contributed by atoms with Gasteiger partial charge in [0.1, 0.15) is 11.4 Å². The molecule has 10 heteroatoms. The average Bonchev–Trinajstić information content (AvgIpc) is 3.44. The third kappa shape index (κ3) is 4.82. The number of hydrogen-bond donors (Lipinski definition) is 2. The molecular formula is C22H20N4O4S2. The maximum absolute atomic E-state index is 13.2. The number of sulfonamides is 1. The number of rotatable bonds is 7. The first-order valence-corrected chi connectivity index (χ1v) is 12.3. The van der Waals surface area contributed by atoms with Gasteiger partial charge in [-0.25, -0.2) is 13.1 Å². The minimum atomic E-state index is -3.47. The number of hydrogen-bond acceptors (Lipinski definition) is 6. The van der Waals surface area contributed by atoms with Crippen LogP contribution in [0.2, 0.25) is 0 Å². The summed E-state index contributed by atoms with van der Waals surface area (Å²) in [6, 6.07) is 18.0. The van der Waals surface area contributed by atoms with E-state index in [4.69, 9.17) is 4.74 Å². The molecule has 2 heterocycles. The van der Waals surface area contributed by atoms with Crippen molar-refractivity contribution in [2.45, 2.75) is 0 Å². The fourth-order valence-corrected chi connectivity index (χ4v) is 4.39. The average molecular weight is 469 g/mol. The van der Waals surface area contributed by atoms with E-state index in [0.29, 0.717) is 16.9 Å². The molecule has 0 saturated heterocycles. The fourth-order valence-electron chi connectivity index (χ4n) is 3.10. The number of nitrogens with one attached hydrogen (secondary N) is 2. The van der Waals surface area contributed by atoms with E-state index in [-0.39, 0.29) is 17.3 Å². The van der Waals surface area contributed by atoms with E-state index in [0.717, 1.165) is 16.8 Å². The van der Waals surface area contributed by atoms with Crippen molar-refractivity contribution < 1.29 is 17.9 Å². The summed E-state index contributed by atoms with van der Waals surface area (Å²) in [5, 5.41) is 9.41. The van der Waals surface area contributed by atoms with Crippen molar-refractivity contribution in [3.8, 4) is 22.0 Å². The van der Waals surface area contributed by atoms with Crippen molar-refractivity contribution in [1.29, 1.82) is 0 Å². The van der Waals surface area contributed by atoms with E-state index in [1.807, 2.05) is 47.8 Å². The lowest BCUT2D eigenvalue weighted by Gasteiger charge is -2.12. The molecule has 0 aliphatic heterocycles. The molecule has 0 bridgehead atoms. The third-order valence-corrected chi connectivity index (χ3v) is 5.96. The number of carbonyl (C=O) groups is 1. The summed E-state index contributed by atoms with van der Waals surface area (Å²) in [4.78, 5) is 14.0. The van der Waals surface area contributed by atoms with Gasteiger partial charge in [0.05, 0.1) is 35.2 Å². The van der Waals surface area contributed by atoms with Crippen LogP contribution >= 0.6 is 11.3 Å². The van der Waals surface area contributed by atoms with Crippen LogP contribution in [0.4, 0.5) is 11.4 Å². The van der Waals surface area contributed by atoms with E-state index in [9.17, 15) is 13.2 Å². The van der Waals surface area contributed by atoms with Gasteiger partial charge in [-0.3, -0.25) is 9.52 Å². The number of amides is 1. The van der Waals surface area contributed by atoms with Gasteiger partial charge in [0.25, 0.3) is 5.91 Å². The Morgan fingerprint density at radius 2 is 1.88 bits per heavy atom. The Morgan fingerprint density at radius 3 is 2.53 bits per heavy atom. The van der Waals surface area contributed by atoms with Gasteiger partial charge in [-0.05, 0) is 35.7 Å². The first kappa shape index (κ1) is 21.6. The molecule has 2 N–H and O–H groups in total. The van der Waals surface area contributed by atoms with Gasteiger partial charge in [0, 0.05) is 18.0 Å². The lowest BCUT2D eigenvalue weighted by atomic mass is 10.2. The minimum Gasteiger partial charge on any atom is -0.494 e. The van der Waals surface area contributed by atoms with Crippen LogP contribution in [0.3, 0.4) is 0 Å². The maximum Gasteiger partial charge on any atom is 0.259 e. The van der Waals surface area contributed by atoms with E-state index in [1.165, 1.54) is 24.5 Å². The van der Waals surface area contributed by atoms with Crippen molar-refractivity contribution in [3.63, 3.8) is 0 Å². The smallest absolute Gasteiger partial charge is 0.259 e. The summed E-state index contributed by atoms with van der Waals surface area (Å²) in [5.41, 5.74) is 2.55. The Labute approximate surface area is 189 Å². The number of ether oxygens (including phenoxy) is 1. The Balaban J connectivity index is 1.67. The molecule has 32 heavy (non-hydrogen) atoms. The largest absolute Gasteiger partial charge is 0.494 e. The Hall–Kier alpha value is -3.63. The monoisotopic (exact) mass is 468 g/mol. The Bertz CT molecular complexity index is 1350. The molecule has 8 nitrogen and oxygen atoms in total. The summed E-state index contributed by atoms with van der Waals surface area (Å²) in [6.45, 7) is 0. The fraction of sp³-hybridized carbons (Fsp3) is 0.0909. The van der Waals surface area contributed by atoms with Crippen LogP contribution in [0.1, 0.15) is 10.4 Å². The molecule has 2 aromatic heterocycles. The summed E-state index contributed by atoms with van der Waals surface area (Å²) in [5.74, 6) is -0.0619. The molecule has 0 aliphatic carbocycles.